The Bertz CT molecular complexity index is 178. The van der Waals surface area contributed by atoms with Gasteiger partial charge in [-0.1, -0.05) is 57.6 Å². The van der Waals surface area contributed by atoms with Crippen LogP contribution in [0.3, 0.4) is 0 Å². The number of allylic oxidation sites excluding steroid dienone is 1. The van der Waals surface area contributed by atoms with Crippen molar-refractivity contribution >= 4 is 6.41 Å². The largest absolute Gasteiger partial charge is 0.345 e. The lowest BCUT2D eigenvalue weighted by atomic mass is 10.1. The molecular weight excluding hydrogens is 198 g/mol. The van der Waals surface area contributed by atoms with Crippen LogP contribution in [0.5, 0.6) is 0 Å². The van der Waals surface area contributed by atoms with Crippen LogP contribution in [0.2, 0.25) is 0 Å². The third-order valence-electron chi connectivity index (χ3n) is 2.71. The molecule has 0 aliphatic carbocycles. The van der Waals surface area contributed by atoms with Crippen molar-refractivity contribution in [3.8, 4) is 0 Å². The molecule has 0 fully saturated rings. The van der Waals surface area contributed by atoms with Crippen LogP contribution in [-0.4, -0.2) is 24.9 Å². The molecule has 0 N–H and O–H groups in total. The molecule has 2 nitrogen and oxygen atoms in total. The summed E-state index contributed by atoms with van der Waals surface area (Å²) < 4.78 is 0. The molecule has 0 unspecified atom stereocenters. The number of nitrogens with zero attached hydrogens (tertiary/aromatic N) is 1. The van der Waals surface area contributed by atoms with E-state index in [0.717, 1.165) is 19.4 Å². The Morgan fingerprint density at radius 3 is 2.19 bits per heavy atom. The summed E-state index contributed by atoms with van der Waals surface area (Å²) in [6, 6.07) is 0. The molecule has 0 rings (SSSR count). The zero-order valence-corrected chi connectivity index (χ0v) is 11.0. The first kappa shape index (κ1) is 15.2. The third-order valence-corrected chi connectivity index (χ3v) is 2.71. The molecule has 0 radical (unpaired) electrons. The second kappa shape index (κ2) is 12.3. The van der Waals surface area contributed by atoms with Gasteiger partial charge in [0.2, 0.25) is 6.41 Å². The molecule has 0 heterocycles. The monoisotopic (exact) mass is 225 g/mol. The van der Waals surface area contributed by atoms with E-state index < -0.39 is 0 Å². The summed E-state index contributed by atoms with van der Waals surface area (Å²) in [6.45, 7) is 2.99. The van der Waals surface area contributed by atoms with Crippen LogP contribution in [-0.2, 0) is 4.79 Å². The van der Waals surface area contributed by atoms with Crippen LogP contribution >= 0.6 is 0 Å². The molecule has 94 valence electrons. The number of carbonyl (C=O) groups is 1. The fraction of sp³-hybridized carbons (Fsp3) is 0.786. The lowest BCUT2D eigenvalue weighted by Gasteiger charge is -2.04. The highest BCUT2D eigenvalue weighted by Gasteiger charge is 1.90. The maximum atomic E-state index is 10.3. The number of hydrogen-bond donors (Lipinski definition) is 0. The molecule has 16 heavy (non-hydrogen) atoms. The maximum Gasteiger partial charge on any atom is 0.209 e. The van der Waals surface area contributed by atoms with E-state index in [1.807, 2.05) is 0 Å². The van der Waals surface area contributed by atoms with Crippen LogP contribution in [0.15, 0.2) is 12.2 Å². The summed E-state index contributed by atoms with van der Waals surface area (Å²) in [5, 5.41) is 0. The van der Waals surface area contributed by atoms with E-state index in [4.69, 9.17) is 0 Å². The van der Waals surface area contributed by atoms with Crippen molar-refractivity contribution in [1.29, 1.82) is 0 Å². The Morgan fingerprint density at radius 2 is 1.56 bits per heavy atom. The highest BCUT2D eigenvalue weighted by atomic mass is 16.1. The van der Waals surface area contributed by atoms with E-state index in [9.17, 15) is 4.79 Å². The van der Waals surface area contributed by atoms with Crippen molar-refractivity contribution in [3.63, 3.8) is 0 Å². The molecule has 0 saturated carbocycles. The van der Waals surface area contributed by atoms with Gasteiger partial charge in [-0.15, -0.1) is 0 Å². The molecule has 1 amide bonds. The highest BCUT2D eigenvalue weighted by molar-refractivity contribution is 5.46. The first-order valence-electron chi connectivity index (χ1n) is 6.61. The van der Waals surface area contributed by atoms with E-state index in [1.54, 1.807) is 11.9 Å². The topological polar surface area (TPSA) is 20.3 Å². The van der Waals surface area contributed by atoms with Gasteiger partial charge in [0.15, 0.2) is 0 Å². The Labute approximate surface area is 101 Å². The second-order valence-corrected chi connectivity index (χ2v) is 4.43. The highest BCUT2D eigenvalue weighted by Crippen LogP contribution is 2.08. The van der Waals surface area contributed by atoms with Crippen molar-refractivity contribution in [3.05, 3.63) is 12.2 Å². The van der Waals surface area contributed by atoms with E-state index in [1.165, 1.54) is 44.9 Å². The molecular formula is C14H27NO. The first-order chi connectivity index (χ1) is 7.81. The molecule has 0 aromatic carbocycles. The minimum absolute atomic E-state index is 0.736. The van der Waals surface area contributed by atoms with Gasteiger partial charge in [0.1, 0.15) is 0 Å². The van der Waals surface area contributed by atoms with Crippen LogP contribution in [0.4, 0.5) is 0 Å². The number of carbonyl (C=O) groups excluding carboxylic acids is 1. The molecule has 0 spiro atoms. The minimum atomic E-state index is 0.736. The van der Waals surface area contributed by atoms with E-state index in [2.05, 4.69) is 19.1 Å². The standard InChI is InChI=1S/C14H27NO/c1-3-4-5-6-7-8-9-10-11-12-13-15(2)14-16/h11-12,14H,3-10,13H2,1-2H3. The summed E-state index contributed by atoms with van der Waals surface area (Å²) in [5.41, 5.74) is 0. The lowest BCUT2D eigenvalue weighted by molar-refractivity contribution is -0.116. The van der Waals surface area contributed by atoms with Crippen molar-refractivity contribution in [2.45, 2.75) is 58.3 Å². The fourth-order valence-corrected chi connectivity index (χ4v) is 1.62. The molecule has 2 heteroatoms. The van der Waals surface area contributed by atoms with Gasteiger partial charge in [-0.2, -0.15) is 0 Å². The maximum absolute atomic E-state index is 10.3. The normalized spacial score (nSPS) is 10.9. The number of amides is 1. The summed E-state index contributed by atoms with van der Waals surface area (Å²) in [5.74, 6) is 0. The van der Waals surface area contributed by atoms with Crippen molar-refractivity contribution in [2.75, 3.05) is 13.6 Å². The zero-order chi connectivity index (χ0) is 12.1. The van der Waals surface area contributed by atoms with Crippen LogP contribution in [0, 0.1) is 0 Å². The molecule has 0 bridgehead atoms. The number of hydrogen-bond acceptors (Lipinski definition) is 1. The van der Waals surface area contributed by atoms with E-state index >= 15 is 0 Å². The van der Waals surface area contributed by atoms with Crippen molar-refractivity contribution < 1.29 is 4.79 Å². The Hall–Kier alpha value is -0.790. The summed E-state index contributed by atoms with van der Waals surface area (Å²) in [4.78, 5) is 11.9. The minimum Gasteiger partial charge on any atom is -0.345 e. The van der Waals surface area contributed by atoms with Gasteiger partial charge in [-0.05, 0) is 12.8 Å². The van der Waals surface area contributed by atoms with Gasteiger partial charge in [-0.25, -0.2) is 0 Å². The molecule has 0 aromatic rings. The molecule has 0 aliphatic rings. The first-order valence-corrected chi connectivity index (χ1v) is 6.61. The summed E-state index contributed by atoms with van der Waals surface area (Å²) in [6.07, 6.45) is 15.8. The Kier molecular flexibility index (Phi) is 11.7. The molecule has 0 aliphatic heterocycles. The molecule has 0 saturated heterocycles. The predicted molar refractivity (Wildman–Crippen MR) is 70.4 cm³/mol. The van der Waals surface area contributed by atoms with Crippen LogP contribution in [0.25, 0.3) is 0 Å². The summed E-state index contributed by atoms with van der Waals surface area (Å²) >= 11 is 0. The van der Waals surface area contributed by atoms with Crippen molar-refractivity contribution in [1.82, 2.24) is 4.90 Å². The number of likely N-dealkylation sites (N-methyl/N-ethyl adjacent to an activating group) is 1. The van der Waals surface area contributed by atoms with Crippen LogP contribution in [0.1, 0.15) is 58.3 Å². The van der Waals surface area contributed by atoms with E-state index in [-0.39, 0.29) is 0 Å². The molecule has 0 atom stereocenters. The van der Waals surface area contributed by atoms with Gasteiger partial charge in [-0.3, -0.25) is 4.79 Å². The third kappa shape index (κ3) is 11.3. The van der Waals surface area contributed by atoms with Crippen molar-refractivity contribution in [2.24, 2.45) is 0 Å². The van der Waals surface area contributed by atoms with Crippen LogP contribution < -0.4 is 0 Å². The van der Waals surface area contributed by atoms with E-state index in [0.29, 0.717) is 0 Å². The molecule has 0 aromatic heterocycles. The number of rotatable bonds is 11. The zero-order valence-electron chi connectivity index (χ0n) is 11.0. The Morgan fingerprint density at radius 1 is 0.938 bits per heavy atom. The van der Waals surface area contributed by atoms with Gasteiger partial charge < -0.3 is 4.90 Å². The van der Waals surface area contributed by atoms with Gasteiger partial charge in [0, 0.05) is 13.6 Å². The summed E-state index contributed by atoms with van der Waals surface area (Å²) in [7, 11) is 1.80. The predicted octanol–water partition coefficient (Wildman–Crippen LogP) is 3.77. The number of unbranched alkanes of at least 4 members (excludes halogenated alkanes) is 7. The average molecular weight is 225 g/mol. The smallest absolute Gasteiger partial charge is 0.209 e. The fourth-order valence-electron chi connectivity index (χ4n) is 1.62. The Balaban J connectivity index is 3.11. The average Bonchev–Trinajstić information content (AvgIpc) is 2.31. The quantitative estimate of drug-likeness (QED) is 0.298. The SMILES string of the molecule is CCCCCCCCCC=CCN(C)C=O. The van der Waals surface area contributed by atoms with Gasteiger partial charge in [0.25, 0.3) is 0 Å². The lowest BCUT2D eigenvalue weighted by Crippen LogP contribution is -2.14. The van der Waals surface area contributed by atoms with Gasteiger partial charge >= 0.3 is 0 Å². The second-order valence-electron chi connectivity index (χ2n) is 4.43. The van der Waals surface area contributed by atoms with Gasteiger partial charge in [0.05, 0.1) is 0 Å².